The molecule has 6 nitrogen and oxygen atoms in total. The fourth-order valence-corrected chi connectivity index (χ4v) is 2.38. The fraction of sp³-hybridized carbons (Fsp3) is 0.800. The van der Waals surface area contributed by atoms with Crippen molar-refractivity contribution < 1.29 is 17.9 Å². The van der Waals surface area contributed by atoms with Gasteiger partial charge < -0.3 is 4.74 Å². The van der Waals surface area contributed by atoms with Crippen molar-refractivity contribution in [2.75, 3.05) is 6.54 Å². The van der Waals surface area contributed by atoms with Gasteiger partial charge in [0.15, 0.2) is 0 Å². The molecule has 0 heterocycles. The van der Waals surface area contributed by atoms with Gasteiger partial charge in [0, 0.05) is 6.54 Å². The van der Waals surface area contributed by atoms with Gasteiger partial charge in [-0.05, 0) is 59.8 Å². The molecule has 130 valence electrons. The molecule has 0 aromatic carbocycles. The maximum Gasteiger partial charge on any atom is 0.425 e. The first-order valence-corrected chi connectivity index (χ1v) is 9.00. The number of allylic oxidation sites excluding steroid dienone is 2. The zero-order valence-electron chi connectivity index (χ0n) is 14.5. The molecule has 7 heteroatoms. The fourth-order valence-electron chi connectivity index (χ4n) is 1.77. The number of ether oxygens (including phenoxy) is 1. The molecular weight excluding hydrogens is 304 g/mol. The third-order valence-electron chi connectivity index (χ3n) is 2.94. The molecule has 0 fully saturated rings. The molecule has 0 bridgehead atoms. The zero-order chi connectivity index (χ0) is 17.6. The molecule has 2 N–H and O–H groups in total. The summed E-state index contributed by atoms with van der Waals surface area (Å²) < 4.78 is 28.8. The van der Waals surface area contributed by atoms with Gasteiger partial charge in [0.1, 0.15) is 5.60 Å². The smallest absolute Gasteiger partial charge is 0.425 e. The lowest BCUT2D eigenvalue weighted by Crippen LogP contribution is -2.44. The van der Waals surface area contributed by atoms with Gasteiger partial charge in [-0.25, -0.2) is 9.93 Å². The van der Waals surface area contributed by atoms with Crippen LogP contribution in [0.3, 0.4) is 0 Å². The third kappa shape index (κ3) is 9.78. The molecule has 1 atom stereocenters. The van der Waals surface area contributed by atoms with E-state index in [1.807, 2.05) is 20.8 Å². The monoisotopic (exact) mass is 334 g/mol. The van der Waals surface area contributed by atoms with Crippen LogP contribution >= 0.6 is 0 Å². The highest BCUT2D eigenvalue weighted by Crippen LogP contribution is 2.16. The molecule has 0 saturated heterocycles. The molecule has 0 spiro atoms. The Morgan fingerprint density at radius 1 is 1.27 bits per heavy atom. The van der Waals surface area contributed by atoms with E-state index in [9.17, 15) is 13.2 Å². The van der Waals surface area contributed by atoms with Crippen molar-refractivity contribution in [3.05, 3.63) is 11.6 Å². The average Bonchev–Trinajstić information content (AvgIpc) is 2.23. The van der Waals surface area contributed by atoms with Crippen molar-refractivity contribution in [3.8, 4) is 0 Å². The summed E-state index contributed by atoms with van der Waals surface area (Å²) in [5.41, 5.74) is 0.488. The van der Waals surface area contributed by atoms with E-state index in [1.165, 1.54) is 5.57 Å². The number of amides is 1. The highest BCUT2D eigenvalue weighted by molar-refractivity contribution is 7.87. The lowest BCUT2D eigenvalue weighted by molar-refractivity contribution is 0.0385. The standard InChI is InChI=1S/C15H30N2O4S/c1-12(2)8-7-9-13(3)10-11-17(22(16,19)20)14(18)21-15(4,5)6/h8,13H,7,9-11H2,1-6H3,(H2,16,19,20). The number of hydrogen-bond donors (Lipinski definition) is 1. The van der Waals surface area contributed by atoms with Crippen LogP contribution < -0.4 is 5.14 Å². The summed E-state index contributed by atoms with van der Waals surface area (Å²) in [4.78, 5) is 12.0. The number of hydrogen-bond acceptors (Lipinski definition) is 4. The van der Waals surface area contributed by atoms with E-state index in [4.69, 9.17) is 9.88 Å². The van der Waals surface area contributed by atoms with Crippen LogP contribution in [0.25, 0.3) is 0 Å². The minimum Gasteiger partial charge on any atom is -0.443 e. The van der Waals surface area contributed by atoms with E-state index in [1.54, 1.807) is 20.8 Å². The van der Waals surface area contributed by atoms with E-state index in [0.29, 0.717) is 10.7 Å². The first-order chi connectivity index (χ1) is 9.83. The predicted octanol–water partition coefficient (Wildman–Crippen LogP) is 3.20. The van der Waals surface area contributed by atoms with Crippen LogP contribution in [0.1, 0.15) is 60.8 Å². The largest absolute Gasteiger partial charge is 0.443 e. The number of carbonyl (C=O) groups is 1. The first-order valence-electron chi connectivity index (χ1n) is 7.49. The Morgan fingerprint density at radius 2 is 1.82 bits per heavy atom. The molecular formula is C15H30N2O4S. The van der Waals surface area contributed by atoms with Crippen LogP contribution in [0.5, 0.6) is 0 Å². The second-order valence-electron chi connectivity index (χ2n) is 6.85. The molecule has 0 rings (SSSR count). The minimum absolute atomic E-state index is 0.0315. The number of rotatable bonds is 7. The van der Waals surface area contributed by atoms with Crippen molar-refractivity contribution in [3.63, 3.8) is 0 Å². The second-order valence-corrected chi connectivity index (χ2v) is 8.32. The highest BCUT2D eigenvalue weighted by Gasteiger charge is 2.29. The molecule has 0 aliphatic carbocycles. The zero-order valence-corrected chi connectivity index (χ0v) is 15.4. The predicted molar refractivity (Wildman–Crippen MR) is 88.5 cm³/mol. The molecule has 0 aromatic heterocycles. The van der Waals surface area contributed by atoms with Crippen LogP contribution in [0, 0.1) is 5.92 Å². The van der Waals surface area contributed by atoms with Gasteiger partial charge in [0.05, 0.1) is 0 Å². The first kappa shape index (κ1) is 20.9. The topological polar surface area (TPSA) is 89.7 Å². The summed E-state index contributed by atoms with van der Waals surface area (Å²) in [7, 11) is -4.12. The summed E-state index contributed by atoms with van der Waals surface area (Å²) in [6, 6.07) is 0. The summed E-state index contributed by atoms with van der Waals surface area (Å²) in [5.74, 6) is 0.280. The van der Waals surface area contributed by atoms with Gasteiger partial charge in [-0.2, -0.15) is 12.7 Å². The average molecular weight is 334 g/mol. The van der Waals surface area contributed by atoms with E-state index >= 15 is 0 Å². The summed E-state index contributed by atoms with van der Waals surface area (Å²) in [6.07, 6.45) is 3.63. The summed E-state index contributed by atoms with van der Waals surface area (Å²) >= 11 is 0. The van der Waals surface area contributed by atoms with Crippen molar-refractivity contribution in [2.24, 2.45) is 11.1 Å². The van der Waals surface area contributed by atoms with Crippen molar-refractivity contribution in [1.29, 1.82) is 0 Å². The molecule has 0 radical (unpaired) electrons. The minimum atomic E-state index is -4.12. The van der Waals surface area contributed by atoms with Crippen LogP contribution in [-0.2, 0) is 14.9 Å². The highest BCUT2D eigenvalue weighted by atomic mass is 32.2. The number of nitrogens with zero attached hydrogens (tertiary/aromatic N) is 1. The lowest BCUT2D eigenvalue weighted by atomic mass is 10.0. The Labute approximate surface area is 134 Å². The van der Waals surface area contributed by atoms with Gasteiger partial charge in [-0.15, -0.1) is 0 Å². The Morgan fingerprint density at radius 3 is 2.23 bits per heavy atom. The van der Waals surface area contributed by atoms with E-state index in [2.05, 4.69) is 6.08 Å². The normalized spacial score (nSPS) is 13.4. The SMILES string of the molecule is CC(C)=CCCC(C)CCN(C(=O)OC(C)(C)C)S(N)(=O)=O. The van der Waals surface area contributed by atoms with Crippen LogP contribution in [0.15, 0.2) is 11.6 Å². The van der Waals surface area contributed by atoms with Crippen molar-refractivity contribution >= 4 is 16.3 Å². The van der Waals surface area contributed by atoms with E-state index in [0.717, 1.165) is 12.8 Å². The Bertz CT molecular complexity index is 488. The lowest BCUT2D eigenvalue weighted by Gasteiger charge is -2.26. The molecule has 0 saturated carbocycles. The second kappa shape index (κ2) is 8.53. The van der Waals surface area contributed by atoms with Gasteiger partial charge >= 0.3 is 16.3 Å². The van der Waals surface area contributed by atoms with Gasteiger partial charge in [-0.3, -0.25) is 0 Å². The summed E-state index contributed by atoms with van der Waals surface area (Å²) in [5, 5.41) is 5.11. The van der Waals surface area contributed by atoms with Gasteiger partial charge in [0.2, 0.25) is 0 Å². The van der Waals surface area contributed by atoms with E-state index < -0.39 is 21.9 Å². The maximum atomic E-state index is 12.0. The van der Waals surface area contributed by atoms with Crippen LogP contribution in [0.4, 0.5) is 4.79 Å². The van der Waals surface area contributed by atoms with Crippen molar-refractivity contribution in [2.45, 2.75) is 66.4 Å². The molecule has 0 aliphatic rings. The quantitative estimate of drug-likeness (QED) is 0.724. The number of carbonyl (C=O) groups excluding carboxylic acids is 1. The third-order valence-corrected chi connectivity index (χ3v) is 3.89. The van der Waals surface area contributed by atoms with Gasteiger partial charge in [0.25, 0.3) is 0 Å². The molecule has 1 unspecified atom stereocenters. The van der Waals surface area contributed by atoms with Crippen LogP contribution in [-0.4, -0.2) is 31.0 Å². The maximum absolute atomic E-state index is 12.0. The Hall–Kier alpha value is -1.08. The number of nitrogens with two attached hydrogens (primary N) is 1. The Balaban J connectivity index is 4.63. The summed E-state index contributed by atoms with van der Waals surface area (Å²) in [6.45, 7) is 11.2. The van der Waals surface area contributed by atoms with Crippen LogP contribution in [0.2, 0.25) is 0 Å². The van der Waals surface area contributed by atoms with Crippen molar-refractivity contribution in [1.82, 2.24) is 4.31 Å². The molecule has 22 heavy (non-hydrogen) atoms. The molecule has 1 amide bonds. The van der Waals surface area contributed by atoms with E-state index in [-0.39, 0.29) is 12.5 Å². The Kier molecular flexibility index (Phi) is 8.11. The molecule has 0 aromatic rings. The van der Waals surface area contributed by atoms with Gasteiger partial charge in [-0.1, -0.05) is 18.6 Å². The molecule has 0 aliphatic heterocycles.